The van der Waals surface area contributed by atoms with Crippen LogP contribution in [0.2, 0.25) is 0 Å². The van der Waals surface area contributed by atoms with Crippen LogP contribution in [0.5, 0.6) is 0 Å². The Labute approximate surface area is 97.6 Å². The highest BCUT2D eigenvalue weighted by Gasteiger charge is 2.25. The van der Waals surface area contributed by atoms with Crippen molar-refractivity contribution in [1.82, 2.24) is 4.90 Å². The van der Waals surface area contributed by atoms with Gasteiger partial charge in [-0.05, 0) is 43.5 Å². The maximum atomic E-state index is 3.62. The van der Waals surface area contributed by atoms with Gasteiger partial charge in [-0.1, -0.05) is 18.6 Å². The summed E-state index contributed by atoms with van der Waals surface area (Å²) in [6.07, 6.45) is 4.13. The summed E-state index contributed by atoms with van der Waals surface area (Å²) in [6.45, 7) is 5.70. The molecule has 0 saturated carbocycles. The first-order chi connectivity index (χ1) is 7.83. The van der Waals surface area contributed by atoms with Crippen LogP contribution in [0.15, 0.2) is 18.2 Å². The van der Waals surface area contributed by atoms with Gasteiger partial charge in [0, 0.05) is 24.8 Å². The van der Waals surface area contributed by atoms with E-state index in [-0.39, 0.29) is 0 Å². The zero-order chi connectivity index (χ0) is 11.0. The summed E-state index contributed by atoms with van der Waals surface area (Å²) in [4.78, 5) is 2.65. The lowest BCUT2D eigenvalue weighted by Gasteiger charge is -2.33. The van der Waals surface area contributed by atoms with Crippen LogP contribution >= 0.6 is 0 Å². The Balaban J connectivity index is 1.89. The molecule has 1 aromatic carbocycles. The van der Waals surface area contributed by atoms with E-state index in [9.17, 15) is 0 Å². The van der Waals surface area contributed by atoms with Gasteiger partial charge in [-0.2, -0.15) is 0 Å². The average Bonchev–Trinajstić information content (AvgIpc) is 2.48. The van der Waals surface area contributed by atoms with E-state index in [1.165, 1.54) is 42.6 Å². The van der Waals surface area contributed by atoms with Gasteiger partial charge in [-0.25, -0.2) is 0 Å². The molecule has 0 spiro atoms. The number of nitrogens with one attached hydrogen (secondary N) is 1. The first kappa shape index (κ1) is 10.2. The third kappa shape index (κ3) is 1.82. The SMILES string of the molecule is Cc1ccc2c(c1)NCC1CCCCN1C2. The molecule has 86 valence electrons. The molecule has 3 rings (SSSR count). The highest BCUT2D eigenvalue weighted by atomic mass is 15.2. The highest BCUT2D eigenvalue weighted by Crippen LogP contribution is 2.27. The van der Waals surface area contributed by atoms with E-state index in [1.807, 2.05) is 0 Å². The molecule has 2 nitrogen and oxygen atoms in total. The normalized spacial score (nSPS) is 25.2. The molecule has 0 bridgehead atoms. The van der Waals surface area contributed by atoms with Crippen LogP contribution < -0.4 is 5.32 Å². The van der Waals surface area contributed by atoms with Crippen LogP contribution in [-0.2, 0) is 6.54 Å². The molecule has 2 heteroatoms. The van der Waals surface area contributed by atoms with Crippen LogP contribution in [0.1, 0.15) is 30.4 Å². The van der Waals surface area contributed by atoms with E-state index in [2.05, 4.69) is 35.3 Å². The van der Waals surface area contributed by atoms with Crippen molar-refractivity contribution in [3.05, 3.63) is 29.3 Å². The van der Waals surface area contributed by atoms with Crippen LogP contribution in [0.4, 0.5) is 5.69 Å². The van der Waals surface area contributed by atoms with Gasteiger partial charge < -0.3 is 5.32 Å². The van der Waals surface area contributed by atoms with Gasteiger partial charge in [0.25, 0.3) is 0 Å². The molecule has 1 aromatic rings. The predicted octanol–water partition coefficient (Wildman–Crippen LogP) is 2.78. The van der Waals surface area contributed by atoms with E-state index in [0.29, 0.717) is 0 Å². The number of hydrogen-bond donors (Lipinski definition) is 1. The Morgan fingerprint density at radius 3 is 3.19 bits per heavy atom. The van der Waals surface area contributed by atoms with Gasteiger partial charge in [0.2, 0.25) is 0 Å². The molecule has 16 heavy (non-hydrogen) atoms. The Bertz CT molecular complexity index is 386. The minimum absolute atomic E-state index is 0.751. The summed E-state index contributed by atoms with van der Waals surface area (Å²) < 4.78 is 0. The van der Waals surface area contributed by atoms with E-state index >= 15 is 0 Å². The molecule has 0 amide bonds. The summed E-state index contributed by atoms with van der Waals surface area (Å²) in [5.74, 6) is 0. The Morgan fingerprint density at radius 1 is 1.31 bits per heavy atom. The van der Waals surface area contributed by atoms with Gasteiger partial charge in [-0.15, -0.1) is 0 Å². The summed E-state index contributed by atoms with van der Waals surface area (Å²) in [5.41, 5.74) is 4.18. The maximum absolute atomic E-state index is 3.62. The number of rotatable bonds is 0. The lowest BCUT2D eigenvalue weighted by atomic mass is 10.0. The lowest BCUT2D eigenvalue weighted by Crippen LogP contribution is -2.41. The molecule has 0 radical (unpaired) electrons. The second kappa shape index (κ2) is 4.10. The molecular formula is C14H20N2. The topological polar surface area (TPSA) is 15.3 Å². The molecule has 1 fully saturated rings. The second-order valence-corrected chi connectivity index (χ2v) is 5.16. The number of fused-ring (bicyclic) bond motifs is 2. The molecule has 0 aliphatic carbocycles. The maximum Gasteiger partial charge on any atom is 0.0389 e. The molecule has 1 atom stereocenters. The number of nitrogens with zero attached hydrogens (tertiary/aromatic N) is 1. The van der Waals surface area contributed by atoms with E-state index in [4.69, 9.17) is 0 Å². The van der Waals surface area contributed by atoms with Crippen LogP contribution in [0.25, 0.3) is 0 Å². The number of hydrogen-bond acceptors (Lipinski definition) is 2. The summed E-state index contributed by atoms with van der Waals surface area (Å²) in [6, 6.07) is 7.55. The zero-order valence-electron chi connectivity index (χ0n) is 10.00. The van der Waals surface area contributed by atoms with Gasteiger partial charge >= 0.3 is 0 Å². The Hall–Kier alpha value is -1.02. The van der Waals surface area contributed by atoms with Gasteiger partial charge in [0.15, 0.2) is 0 Å². The number of piperidine rings is 1. The fraction of sp³-hybridized carbons (Fsp3) is 0.571. The molecule has 2 aliphatic rings. The minimum Gasteiger partial charge on any atom is -0.383 e. The molecular weight excluding hydrogens is 196 g/mol. The predicted molar refractivity (Wildman–Crippen MR) is 67.7 cm³/mol. The fourth-order valence-corrected chi connectivity index (χ4v) is 2.94. The van der Waals surface area contributed by atoms with Crippen LogP contribution in [0.3, 0.4) is 0 Å². The van der Waals surface area contributed by atoms with Crippen molar-refractivity contribution in [1.29, 1.82) is 0 Å². The first-order valence-corrected chi connectivity index (χ1v) is 6.40. The zero-order valence-corrected chi connectivity index (χ0v) is 10.00. The molecule has 0 aromatic heterocycles. The third-order valence-electron chi connectivity index (χ3n) is 3.92. The van der Waals surface area contributed by atoms with E-state index in [1.54, 1.807) is 0 Å². The molecule has 1 saturated heterocycles. The largest absolute Gasteiger partial charge is 0.383 e. The van der Waals surface area contributed by atoms with Gasteiger partial charge in [0.05, 0.1) is 0 Å². The van der Waals surface area contributed by atoms with Crippen molar-refractivity contribution in [2.24, 2.45) is 0 Å². The molecule has 1 unspecified atom stereocenters. The Morgan fingerprint density at radius 2 is 2.25 bits per heavy atom. The summed E-state index contributed by atoms with van der Waals surface area (Å²) in [5, 5.41) is 3.62. The van der Waals surface area contributed by atoms with Crippen LogP contribution in [0, 0.1) is 6.92 Å². The number of benzene rings is 1. The second-order valence-electron chi connectivity index (χ2n) is 5.16. The average molecular weight is 216 g/mol. The van der Waals surface area contributed by atoms with Crippen LogP contribution in [-0.4, -0.2) is 24.0 Å². The molecule has 1 N–H and O–H groups in total. The van der Waals surface area contributed by atoms with Gasteiger partial charge in [-0.3, -0.25) is 4.90 Å². The highest BCUT2D eigenvalue weighted by molar-refractivity contribution is 5.54. The van der Waals surface area contributed by atoms with Crippen molar-refractivity contribution >= 4 is 5.69 Å². The van der Waals surface area contributed by atoms with Gasteiger partial charge in [0.1, 0.15) is 0 Å². The summed E-state index contributed by atoms with van der Waals surface area (Å²) >= 11 is 0. The summed E-state index contributed by atoms with van der Waals surface area (Å²) in [7, 11) is 0. The van der Waals surface area contributed by atoms with Crippen molar-refractivity contribution in [2.45, 2.75) is 38.8 Å². The smallest absolute Gasteiger partial charge is 0.0389 e. The van der Waals surface area contributed by atoms with Crippen molar-refractivity contribution in [3.63, 3.8) is 0 Å². The Kier molecular flexibility index (Phi) is 2.60. The van der Waals surface area contributed by atoms with Crippen molar-refractivity contribution in [3.8, 4) is 0 Å². The fourth-order valence-electron chi connectivity index (χ4n) is 2.94. The quantitative estimate of drug-likeness (QED) is 0.717. The lowest BCUT2D eigenvalue weighted by molar-refractivity contribution is 0.151. The van der Waals surface area contributed by atoms with Crippen molar-refractivity contribution in [2.75, 3.05) is 18.4 Å². The third-order valence-corrected chi connectivity index (χ3v) is 3.92. The monoisotopic (exact) mass is 216 g/mol. The standard InChI is InChI=1S/C14H20N2/c1-11-5-6-12-10-16-7-3-2-4-13(16)9-15-14(12)8-11/h5-6,8,13,15H,2-4,7,9-10H2,1H3. The minimum atomic E-state index is 0.751. The van der Waals surface area contributed by atoms with Crippen molar-refractivity contribution < 1.29 is 0 Å². The first-order valence-electron chi connectivity index (χ1n) is 6.40. The number of anilines is 1. The molecule has 2 aliphatic heterocycles. The number of aryl methyl sites for hydroxylation is 1. The molecule has 2 heterocycles. The van der Waals surface area contributed by atoms with E-state index < -0.39 is 0 Å². The van der Waals surface area contributed by atoms with E-state index in [0.717, 1.165) is 19.1 Å².